The van der Waals surface area contributed by atoms with Gasteiger partial charge in [-0.3, -0.25) is 4.57 Å². The Labute approximate surface area is 149 Å². The first kappa shape index (κ1) is 17.8. The Bertz CT molecular complexity index is 879. The molecule has 0 unspecified atom stereocenters. The van der Waals surface area contributed by atoms with Crippen molar-refractivity contribution in [1.82, 2.24) is 9.55 Å². The van der Waals surface area contributed by atoms with Crippen molar-refractivity contribution in [3.05, 3.63) is 60.4 Å². The molecule has 3 aromatic rings. The van der Waals surface area contributed by atoms with E-state index >= 15 is 0 Å². The fourth-order valence-corrected chi connectivity index (χ4v) is 2.51. The van der Waals surface area contributed by atoms with Gasteiger partial charge in [0.1, 0.15) is 18.1 Å². The molecule has 0 aliphatic rings. The van der Waals surface area contributed by atoms with E-state index < -0.39 is 6.55 Å². The number of hydrogen-bond acceptors (Lipinski definition) is 4. The van der Waals surface area contributed by atoms with Gasteiger partial charge in [0.05, 0.1) is 17.6 Å². The number of benzene rings is 2. The molecule has 1 aromatic heterocycles. The Hall–Kier alpha value is -2.96. The van der Waals surface area contributed by atoms with Gasteiger partial charge < -0.3 is 9.57 Å². The summed E-state index contributed by atoms with van der Waals surface area (Å²) < 4.78 is 33.2. The molecule has 0 fully saturated rings. The van der Waals surface area contributed by atoms with Gasteiger partial charge in [-0.2, -0.15) is 8.78 Å². The van der Waals surface area contributed by atoms with Gasteiger partial charge in [0.25, 0.3) is 0 Å². The first-order valence-electron chi connectivity index (χ1n) is 8.26. The van der Waals surface area contributed by atoms with Gasteiger partial charge in [0.15, 0.2) is 5.82 Å². The Morgan fingerprint density at radius 1 is 1.08 bits per heavy atom. The van der Waals surface area contributed by atoms with Crippen molar-refractivity contribution < 1.29 is 18.4 Å². The third-order valence-corrected chi connectivity index (χ3v) is 3.71. The van der Waals surface area contributed by atoms with Crippen LogP contribution in [0.25, 0.3) is 11.0 Å². The molecule has 0 aliphatic carbocycles. The zero-order valence-corrected chi connectivity index (χ0v) is 14.3. The molecule has 3 rings (SSSR count). The molecule has 136 valence electrons. The van der Waals surface area contributed by atoms with Gasteiger partial charge in [-0.15, -0.1) is 0 Å². The van der Waals surface area contributed by atoms with Crippen LogP contribution in [0.4, 0.5) is 8.78 Å². The fourth-order valence-electron chi connectivity index (χ4n) is 2.51. The van der Waals surface area contributed by atoms with Crippen LogP contribution in [0.3, 0.4) is 0 Å². The third-order valence-electron chi connectivity index (χ3n) is 3.71. The fraction of sp³-hybridized carbons (Fsp3) is 0.263. The first-order chi connectivity index (χ1) is 12.7. The Balaban J connectivity index is 1.58. The largest absolute Gasteiger partial charge is 0.493 e. The van der Waals surface area contributed by atoms with Crippen LogP contribution >= 0.6 is 0 Å². The van der Waals surface area contributed by atoms with Gasteiger partial charge in [0, 0.05) is 6.42 Å². The van der Waals surface area contributed by atoms with E-state index in [9.17, 15) is 8.78 Å². The maximum atomic E-state index is 13.4. The molecule has 26 heavy (non-hydrogen) atoms. The van der Waals surface area contributed by atoms with Crippen LogP contribution in [0.5, 0.6) is 5.75 Å². The summed E-state index contributed by atoms with van der Waals surface area (Å²) in [5, 5.41) is 3.92. The second-order valence-corrected chi connectivity index (χ2v) is 5.60. The zero-order chi connectivity index (χ0) is 18.4. The number of alkyl halides is 2. The van der Waals surface area contributed by atoms with E-state index in [0.717, 1.165) is 10.3 Å². The summed E-state index contributed by atoms with van der Waals surface area (Å²) in [6, 6.07) is 16.2. The summed E-state index contributed by atoms with van der Waals surface area (Å²) in [7, 11) is 0. The zero-order valence-electron chi connectivity index (χ0n) is 14.3. The van der Waals surface area contributed by atoms with Gasteiger partial charge in [-0.25, -0.2) is 4.98 Å². The molecule has 5 nitrogen and oxygen atoms in total. The van der Waals surface area contributed by atoms with Crippen molar-refractivity contribution in [1.29, 1.82) is 0 Å². The number of imidazole rings is 1. The molecule has 2 aromatic carbocycles. The number of fused-ring (bicyclic) bond motifs is 1. The lowest BCUT2D eigenvalue weighted by Crippen LogP contribution is -2.10. The smallest absolute Gasteiger partial charge is 0.320 e. The quantitative estimate of drug-likeness (QED) is 0.334. The minimum atomic E-state index is -2.71. The van der Waals surface area contributed by atoms with Gasteiger partial charge in [-0.1, -0.05) is 35.5 Å². The maximum absolute atomic E-state index is 13.4. The number of para-hydroxylation sites is 3. The van der Waals surface area contributed by atoms with Gasteiger partial charge in [-0.05, 0) is 31.2 Å². The van der Waals surface area contributed by atoms with Crippen molar-refractivity contribution in [3.63, 3.8) is 0 Å². The van der Waals surface area contributed by atoms with E-state index in [1.807, 2.05) is 30.3 Å². The van der Waals surface area contributed by atoms with Gasteiger partial charge in [0.2, 0.25) is 0 Å². The van der Waals surface area contributed by atoms with Crippen molar-refractivity contribution in [2.75, 3.05) is 13.2 Å². The number of nitrogens with zero attached hydrogens (tertiary/aromatic N) is 3. The van der Waals surface area contributed by atoms with Crippen LogP contribution in [0, 0.1) is 0 Å². The molecule has 0 atom stereocenters. The highest BCUT2D eigenvalue weighted by atomic mass is 19.3. The average molecular weight is 359 g/mol. The van der Waals surface area contributed by atoms with Crippen LogP contribution in [-0.4, -0.2) is 28.5 Å². The third kappa shape index (κ3) is 4.17. The summed E-state index contributed by atoms with van der Waals surface area (Å²) in [4.78, 5) is 9.46. The lowest BCUT2D eigenvalue weighted by Gasteiger charge is -2.08. The maximum Gasteiger partial charge on any atom is 0.320 e. The molecule has 1 heterocycles. The standard InChI is InChI=1S/C19H19F2N3O2/c1-14(23-26-13-7-12-25-15-8-3-2-4-9-15)18-22-16-10-5-6-11-17(16)24(18)19(20)21/h2-6,8-11,19H,7,12-13H2,1H3/b23-14-. The summed E-state index contributed by atoms with van der Waals surface area (Å²) >= 11 is 0. The molecule has 0 amide bonds. The topological polar surface area (TPSA) is 48.6 Å². The first-order valence-corrected chi connectivity index (χ1v) is 8.26. The predicted octanol–water partition coefficient (Wildman–Crippen LogP) is 4.64. The molecule has 0 bridgehead atoms. The minimum Gasteiger partial charge on any atom is -0.493 e. The highest BCUT2D eigenvalue weighted by Crippen LogP contribution is 2.23. The molecule has 0 radical (unpaired) electrons. The van der Waals surface area contributed by atoms with E-state index in [-0.39, 0.29) is 5.82 Å². The molecular formula is C19H19F2N3O2. The van der Waals surface area contributed by atoms with Crippen molar-refractivity contribution >= 4 is 16.7 Å². The second kappa shape index (κ2) is 8.42. The normalized spacial score (nSPS) is 11.9. The summed E-state index contributed by atoms with van der Waals surface area (Å²) in [6.07, 6.45) is 0.622. The Morgan fingerprint density at radius 2 is 1.81 bits per heavy atom. The van der Waals surface area contributed by atoms with Crippen LogP contribution in [-0.2, 0) is 4.84 Å². The minimum absolute atomic E-state index is 0.0988. The monoisotopic (exact) mass is 359 g/mol. The molecular weight excluding hydrogens is 340 g/mol. The van der Waals surface area contributed by atoms with Crippen LogP contribution in [0.2, 0.25) is 0 Å². The summed E-state index contributed by atoms with van der Waals surface area (Å²) in [5.74, 6) is 0.888. The summed E-state index contributed by atoms with van der Waals surface area (Å²) in [6.45, 7) is -0.310. The van der Waals surface area contributed by atoms with Crippen molar-refractivity contribution in [2.45, 2.75) is 19.9 Å². The van der Waals surface area contributed by atoms with Crippen LogP contribution < -0.4 is 4.74 Å². The Kier molecular flexibility index (Phi) is 5.78. The van der Waals surface area contributed by atoms with E-state index in [1.165, 1.54) is 0 Å². The van der Waals surface area contributed by atoms with Crippen LogP contribution in [0.1, 0.15) is 25.7 Å². The number of hydrogen-bond donors (Lipinski definition) is 0. The Morgan fingerprint density at radius 3 is 2.58 bits per heavy atom. The molecule has 0 aliphatic heterocycles. The molecule has 0 spiro atoms. The average Bonchev–Trinajstić information content (AvgIpc) is 3.05. The molecule has 0 N–H and O–H groups in total. The number of rotatable bonds is 8. The predicted molar refractivity (Wildman–Crippen MR) is 95.7 cm³/mol. The highest BCUT2D eigenvalue weighted by molar-refractivity contribution is 5.98. The summed E-state index contributed by atoms with van der Waals surface area (Å²) in [5.41, 5.74) is 1.15. The molecule has 7 heteroatoms. The van der Waals surface area contributed by atoms with E-state index in [0.29, 0.717) is 36.4 Å². The van der Waals surface area contributed by atoms with Crippen molar-refractivity contribution in [3.8, 4) is 5.75 Å². The second-order valence-electron chi connectivity index (χ2n) is 5.60. The van der Waals surface area contributed by atoms with Crippen molar-refractivity contribution in [2.24, 2.45) is 5.16 Å². The van der Waals surface area contributed by atoms with Crippen LogP contribution in [0.15, 0.2) is 59.8 Å². The highest BCUT2D eigenvalue weighted by Gasteiger charge is 2.19. The number of halogens is 2. The lowest BCUT2D eigenvalue weighted by atomic mass is 10.3. The number of oxime groups is 1. The molecule has 0 saturated carbocycles. The van der Waals surface area contributed by atoms with Gasteiger partial charge >= 0.3 is 6.55 Å². The number of ether oxygens (including phenoxy) is 1. The van der Waals surface area contributed by atoms with E-state index in [1.54, 1.807) is 31.2 Å². The number of aromatic nitrogens is 2. The van der Waals surface area contributed by atoms with E-state index in [4.69, 9.17) is 9.57 Å². The SMILES string of the molecule is C/C(=N/OCCCOc1ccccc1)c1nc2ccccc2n1C(F)F. The van der Waals surface area contributed by atoms with E-state index in [2.05, 4.69) is 10.1 Å². The lowest BCUT2D eigenvalue weighted by molar-refractivity contribution is 0.0736. The molecule has 0 saturated heterocycles.